The van der Waals surface area contributed by atoms with Gasteiger partial charge in [0.05, 0.1) is 0 Å². The standard InChI is InChI=1S/C13H21N/c1-5-7-11(4)13-9-6-8-12(14-13)10(2)3/h6,8-11H,5,7H2,1-4H3. The van der Waals surface area contributed by atoms with Crippen LogP contribution in [-0.2, 0) is 0 Å². The van der Waals surface area contributed by atoms with Crippen molar-refractivity contribution >= 4 is 0 Å². The van der Waals surface area contributed by atoms with Crippen LogP contribution in [0.5, 0.6) is 0 Å². The first-order chi connectivity index (χ1) is 6.65. The summed E-state index contributed by atoms with van der Waals surface area (Å²) in [6, 6.07) is 6.39. The molecule has 1 heteroatoms. The third-order valence-corrected chi connectivity index (χ3v) is 2.61. The lowest BCUT2D eigenvalue weighted by Gasteiger charge is -2.12. The summed E-state index contributed by atoms with van der Waals surface area (Å²) in [4.78, 5) is 4.69. The van der Waals surface area contributed by atoms with Gasteiger partial charge in [0.15, 0.2) is 0 Å². The predicted molar refractivity (Wildman–Crippen MR) is 61.6 cm³/mol. The van der Waals surface area contributed by atoms with Crippen LogP contribution >= 0.6 is 0 Å². The average molecular weight is 191 g/mol. The molecule has 0 aliphatic carbocycles. The van der Waals surface area contributed by atoms with Gasteiger partial charge in [0, 0.05) is 11.4 Å². The summed E-state index contributed by atoms with van der Waals surface area (Å²) in [5, 5.41) is 0. The van der Waals surface area contributed by atoms with Crippen LogP contribution in [0, 0.1) is 0 Å². The van der Waals surface area contributed by atoms with E-state index in [0.717, 1.165) is 0 Å². The minimum absolute atomic E-state index is 0.531. The molecular weight excluding hydrogens is 170 g/mol. The number of nitrogens with zero attached hydrogens (tertiary/aromatic N) is 1. The summed E-state index contributed by atoms with van der Waals surface area (Å²) < 4.78 is 0. The Morgan fingerprint density at radius 2 is 1.79 bits per heavy atom. The van der Waals surface area contributed by atoms with Crippen molar-refractivity contribution in [2.24, 2.45) is 0 Å². The minimum Gasteiger partial charge on any atom is -0.257 e. The van der Waals surface area contributed by atoms with Crippen LogP contribution < -0.4 is 0 Å². The first-order valence-corrected chi connectivity index (χ1v) is 5.62. The van der Waals surface area contributed by atoms with E-state index in [1.54, 1.807) is 0 Å². The number of hydrogen-bond donors (Lipinski definition) is 0. The molecule has 1 heterocycles. The molecule has 0 fully saturated rings. The molecular formula is C13H21N. The van der Waals surface area contributed by atoms with Gasteiger partial charge in [0.25, 0.3) is 0 Å². The van der Waals surface area contributed by atoms with E-state index in [1.807, 2.05) is 0 Å². The van der Waals surface area contributed by atoms with Crippen molar-refractivity contribution in [3.63, 3.8) is 0 Å². The first-order valence-electron chi connectivity index (χ1n) is 5.62. The Morgan fingerprint density at radius 1 is 1.14 bits per heavy atom. The maximum absolute atomic E-state index is 4.69. The van der Waals surface area contributed by atoms with E-state index >= 15 is 0 Å². The van der Waals surface area contributed by atoms with Gasteiger partial charge in [-0.3, -0.25) is 4.98 Å². The zero-order valence-electron chi connectivity index (χ0n) is 9.75. The van der Waals surface area contributed by atoms with E-state index in [1.165, 1.54) is 24.2 Å². The lowest BCUT2D eigenvalue weighted by molar-refractivity contribution is 0.640. The van der Waals surface area contributed by atoms with E-state index in [-0.39, 0.29) is 0 Å². The molecule has 0 aliphatic rings. The molecule has 1 aromatic heterocycles. The molecule has 1 rings (SSSR count). The second-order valence-corrected chi connectivity index (χ2v) is 4.33. The number of hydrogen-bond acceptors (Lipinski definition) is 1. The maximum Gasteiger partial charge on any atom is 0.0435 e. The Morgan fingerprint density at radius 3 is 2.36 bits per heavy atom. The van der Waals surface area contributed by atoms with Crippen molar-refractivity contribution in [3.05, 3.63) is 29.6 Å². The highest BCUT2D eigenvalue weighted by Crippen LogP contribution is 2.20. The van der Waals surface area contributed by atoms with E-state index in [9.17, 15) is 0 Å². The Balaban J connectivity index is 2.82. The van der Waals surface area contributed by atoms with Gasteiger partial charge < -0.3 is 0 Å². The predicted octanol–water partition coefficient (Wildman–Crippen LogP) is 4.11. The monoisotopic (exact) mass is 191 g/mol. The van der Waals surface area contributed by atoms with Crippen molar-refractivity contribution in [2.75, 3.05) is 0 Å². The zero-order chi connectivity index (χ0) is 10.6. The molecule has 0 spiro atoms. The van der Waals surface area contributed by atoms with Crippen LogP contribution in [0.25, 0.3) is 0 Å². The molecule has 78 valence electrons. The summed E-state index contributed by atoms with van der Waals surface area (Å²) >= 11 is 0. The zero-order valence-corrected chi connectivity index (χ0v) is 9.75. The molecule has 14 heavy (non-hydrogen) atoms. The van der Waals surface area contributed by atoms with E-state index in [4.69, 9.17) is 4.98 Å². The van der Waals surface area contributed by atoms with Gasteiger partial charge in [-0.25, -0.2) is 0 Å². The van der Waals surface area contributed by atoms with Gasteiger partial charge in [-0.15, -0.1) is 0 Å². The highest BCUT2D eigenvalue weighted by Gasteiger charge is 2.07. The van der Waals surface area contributed by atoms with Crippen LogP contribution in [0.3, 0.4) is 0 Å². The molecule has 1 atom stereocenters. The van der Waals surface area contributed by atoms with Gasteiger partial charge in [-0.2, -0.15) is 0 Å². The van der Waals surface area contributed by atoms with Crippen LogP contribution in [-0.4, -0.2) is 4.98 Å². The maximum atomic E-state index is 4.69. The van der Waals surface area contributed by atoms with Gasteiger partial charge >= 0.3 is 0 Å². The second-order valence-electron chi connectivity index (χ2n) is 4.33. The first kappa shape index (κ1) is 11.2. The van der Waals surface area contributed by atoms with Gasteiger partial charge in [0.1, 0.15) is 0 Å². The lowest BCUT2D eigenvalue weighted by Crippen LogP contribution is -2.00. The third kappa shape index (κ3) is 2.83. The Kier molecular flexibility index (Phi) is 4.12. The molecule has 0 aliphatic heterocycles. The Labute approximate surface area is 87.6 Å². The molecule has 0 amide bonds. The summed E-state index contributed by atoms with van der Waals surface area (Å²) in [6.45, 7) is 8.87. The van der Waals surface area contributed by atoms with E-state index in [0.29, 0.717) is 11.8 Å². The fraction of sp³-hybridized carbons (Fsp3) is 0.615. The van der Waals surface area contributed by atoms with Crippen molar-refractivity contribution in [1.82, 2.24) is 4.98 Å². The molecule has 0 saturated carbocycles. The van der Waals surface area contributed by atoms with Gasteiger partial charge in [-0.1, -0.05) is 40.2 Å². The largest absolute Gasteiger partial charge is 0.257 e. The van der Waals surface area contributed by atoms with Crippen LogP contribution in [0.1, 0.15) is 63.8 Å². The summed E-state index contributed by atoms with van der Waals surface area (Å²) in [5.41, 5.74) is 2.46. The topological polar surface area (TPSA) is 12.9 Å². The quantitative estimate of drug-likeness (QED) is 0.698. The Bertz CT molecular complexity index is 278. The number of rotatable bonds is 4. The van der Waals surface area contributed by atoms with Crippen LogP contribution in [0.4, 0.5) is 0 Å². The number of aromatic nitrogens is 1. The summed E-state index contributed by atoms with van der Waals surface area (Å²) in [7, 11) is 0. The van der Waals surface area contributed by atoms with Crippen LogP contribution in [0.2, 0.25) is 0 Å². The second kappa shape index (κ2) is 5.14. The Hall–Kier alpha value is -0.850. The molecule has 1 unspecified atom stereocenters. The fourth-order valence-electron chi connectivity index (χ4n) is 1.65. The van der Waals surface area contributed by atoms with Gasteiger partial charge in [-0.05, 0) is 30.4 Å². The van der Waals surface area contributed by atoms with Crippen molar-refractivity contribution < 1.29 is 0 Å². The molecule has 1 nitrogen and oxygen atoms in total. The van der Waals surface area contributed by atoms with E-state index < -0.39 is 0 Å². The van der Waals surface area contributed by atoms with Crippen molar-refractivity contribution in [3.8, 4) is 0 Å². The van der Waals surface area contributed by atoms with Crippen LogP contribution in [0.15, 0.2) is 18.2 Å². The highest BCUT2D eigenvalue weighted by molar-refractivity contribution is 5.16. The van der Waals surface area contributed by atoms with Crippen molar-refractivity contribution in [1.29, 1.82) is 0 Å². The lowest BCUT2D eigenvalue weighted by atomic mass is 10.0. The molecule has 0 radical (unpaired) electrons. The molecule has 0 N–H and O–H groups in total. The average Bonchev–Trinajstić information content (AvgIpc) is 2.18. The summed E-state index contributed by atoms with van der Waals surface area (Å²) in [6.07, 6.45) is 2.46. The smallest absolute Gasteiger partial charge is 0.0435 e. The van der Waals surface area contributed by atoms with Crippen molar-refractivity contribution in [2.45, 2.75) is 52.4 Å². The normalized spacial score (nSPS) is 13.2. The number of pyridine rings is 1. The summed E-state index contributed by atoms with van der Waals surface area (Å²) in [5.74, 6) is 1.13. The van der Waals surface area contributed by atoms with Gasteiger partial charge in [0.2, 0.25) is 0 Å². The molecule has 1 aromatic rings. The third-order valence-electron chi connectivity index (χ3n) is 2.61. The minimum atomic E-state index is 0.531. The fourth-order valence-corrected chi connectivity index (χ4v) is 1.65. The van der Waals surface area contributed by atoms with E-state index in [2.05, 4.69) is 45.9 Å². The highest BCUT2D eigenvalue weighted by atomic mass is 14.7. The molecule has 0 saturated heterocycles. The molecule has 0 bridgehead atoms. The SMILES string of the molecule is CCCC(C)c1cccc(C(C)C)n1. The molecule has 0 aromatic carbocycles.